The summed E-state index contributed by atoms with van der Waals surface area (Å²) in [6.45, 7) is 5.81. The summed E-state index contributed by atoms with van der Waals surface area (Å²) in [5.41, 5.74) is 1.01. The first-order valence-electron chi connectivity index (χ1n) is 8.57. The lowest BCUT2D eigenvalue weighted by Crippen LogP contribution is -2.44. The van der Waals surface area contributed by atoms with Crippen LogP contribution in [0, 0.1) is 0 Å². The molecule has 1 aromatic rings. The van der Waals surface area contributed by atoms with Crippen molar-refractivity contribution in [1.82, 2.24) is 10.6 Å². The van der Waals surface area contributed by atoms with Crippen molar-refractivity contribution in [1.29, 1.82) is 0 Å². The second-order valence-electron chi connectivity index (χ2n) is 6.00. The van der Waals surface area contributed by atoms with E-state index in [-0.39, 0.29) is 29.6 Å². The summed E-state index contributed by atoms with van der Waals surface area (Å²) in [6, 6.07) is 7.95. The first kappa shape index (κ1) is 22.5. The third kappa shape index (κ3) is 7.68. The zero-order valence-corrected chi connectivity index (χ0v) is 18.1. The van der Waals surface area contributed by atoms with Crippen LogP contribution in [0.1, 0.15) is 25.3 Å². The summed E-state index contributed by atoms with van der Waals surface area (Å²) in [5.74, 6) is 0.822. The number of nitrogens with zero attached hydrogens (tertiary/aromatic N) is 1. The predicted octanol–water partition coefficient (Wildman–Crippen LogP) is 3.25. The molecule has 1 fully saturated rings. The summed E-state index contributed by atoms with van der Waals surface area (Å²) >= 11 is 6.02. The Morgan fingerprint density at radius 3 is 2.72 bits per heavy atom. The maximum atomic E-state index is 6.02. The van der Waals surface area contributed by atoms with Crippen molar-refractivity contribution in [3.63, 3.8) is 0 Å². The number of guanidine groups is 1. The van der Waals surface area contributed by atoms with Crippen molar-refractivity contribution >= 4 is 41.5 Å². The Kier molecular flexibility index (Phi) is 10.7. The van der Waals surface area contributed by atoms with Crippen LogP contribution in [0.3, 0.4) is 0 Å². The van der Waals surface area contributed by atoms with Crippen LogP contribution in [0.25, 0.3) is 0 Å². The minimum Gasteiger partial charge on any atom is -0.381 e. The average Bonchev–Trinajstić information content (AvgIpc) is 2.60. The molecule has 1 heterocycles. The zero-order chi connectivity index (χ0) is 17.3. The van der Waals surface area contributed by atoms with Crippen LogP contribution < -0.4 is 10.6 Å². The number of benzene rings is 1. The molecule has 25 heavy (non-hydrogen) atoms. The maximum absolute atomic E-state index is 6.02. The van der Waals surface area contributed by atoms with E-state index in [0.29, 0.717) is 6.54 Å². The monoisotopic (exact) mass is 481 g/mol. The summed E-state index contributed by atoms with van der Waals surface area (Å²) in [5, 5.41) is 7.44. The fourth-order valence-electron chi connectivity index (χ4n) is 2.75. The molecule has 0 radical (unpaired) electrons. The number of halogens is 2. The summed E-state index contributed by atoms with van der Waals surface area (Å²) in [7, 11) is 1.76. The van der Waals surface area contributed by atoms with Crippen molar-refractivity contribution in [2.45, 2.75) is 31.8 Å². The number of hydrogen-bond donors (Lipinski definition) is 2. The fraction of sp³-hybridized carbons (Fsp3) is 0.611. The summed E-state index contributed by atoms with van der Waals surface area (Å²) in [4.78, 5) is 4.72. The van der Waals surface area contributed by atoms with E-state index in [9.17, 15) is 0 Å². The number of aliphatic imine (C=N–C) groups is 1. The van der Waals surface area contributed by atoms with Gasteiger partial charge in [0.15, 0.2) is 5.96 Å². The molecule has 0 unspecified atom stereocenters. The van der Waals surface area contributed by atoms with Crippen LogP contribution in [-0.4, -0.2) is 51.5 Å². The first-order valence-corrected chi connectivity index (χ1v) is 8.95. The molecule has 1 aliphatic heterocycles. The Morgan fingerprint density at radius 1 is 1.32 bits per heavy atom. The van der Waals surface area contributed by atoms with Crippen LogP contribution in [0.5, 0.6) is 0 Å². The number of nitrogens with one attached hydrogen (secondary N) is 2. The Balaban J connectivity index is 0.00000312. The third-order valence-electron chi connectivity index (χ3n) is 4.30. The first-order chi connectivity index (χ1) is 11.7. The van der Waals surface area contributed by atoms with Gasteiger partial charge in [-0.05, 0) is 31.0 Å². The molecule has 7 heteroatoms. The standard InChI is InChI=1S/C18H28ClN3O2.HI/c1-3-20-17(21-10-7-15-5-4-6-16(19)13-15)22-14-18(23-2)8-11-24-12-9-18;/h4-6,13H,3,7-12,14H2,1-2H3,(H2,20,21,22);1H. The molecule has 0 saturated carbocycles. The normalized spacial score (nSPS) is 16.8. The fourth-order valence-corrected chi connectivity index (χ4v) is 2.97. The highest BCUT2D eigenvalue weighted by Crippen LogP contribution is 2.24. The van der Waals surface area contributed by atoms with E-state index in [1.54, 1.807) is 7.11 Å². The van der Waals surface area contributed by atoms with E-state index in [1.807, 2.05) is 18.2 Å². The van der Waals surface area contributed by atoms with Crippen molar-refractivity contribution in [3.05, 3.63) is 34.9 Å². The second-order valence-corrected chi connectivity index (χ2v) is 6.44. The highest BCUT2D eigenvalue weighted by Gasteiger charge is 2.32. The Bertz CT molecular complexity index is 537. The van der Waals surface area contributed by atoms with Crippen LogP contribution in [-0.2, 0) is 15.9 Å². The van der Waals surface area contributed by atoms with E-state index in [0.717, 1.165) is 56.5 Å². The lowest BCUT2D eigenvalue weighted by atomic mass is 9.94. The lowest BCUT2D eigenvalue weighted by molar-refractivity contribution is -0.0828. The molecule has 0 aliphatic carbocycles. The molecule has 2 N–H and O–H groups in total. The Morgan fingerprint density at radius 2 is 2.08 bits per heavy atom. The average molecular weight is 482 g/mol. The van der Waals surface area contributed by atoms with Crippen LogP contribution in [0.15, 0.2) is 29.3 Å². The Labute approximate surface area is 172 Å². The van der Waals surface area contributed by atoms with E-state index in [1.165, 1.54) is 5.56 Å². The minimum atomic E-state index is -0.201. The SMILES string of the molecule is CCNC(=NCC1(OC)CCOCC1)NCCc1cccc(Cl)c1.I. The maximum Gasteiger partial charge on any atom is 0.191 e. The van der Waals surface area contributed by atoms with E-state index < -0.39 is 0 Å². The lowest BCUT2D eigenvalue weighted by Gasteiger charge is -2.34. The number of ether oxygens (including phenoxy) is 2. The van der Waals surface area contributed by atoms with Gasteiger partial charge < -0.3 is 20.1 Å². The van der Waals surface area contributed by atoms with Gasteiger partial charge in [-0.1, -0.05) is 23.7 Å². The largest absolute Gasteiger partial charge is 0.381 e. The molecular formula is C18H29ClIN3O2. The molecule has 2 rings (SSSR count). The van der Waals surface area contributed by atoms with Crippen molar-refractivity contribution in [2.24, 2.45) is 4.99 Å². The molecule has 0 bridgehead atoms. The van der Waals surface area contributed by atoms with Gasteiger partial charge in [-0.2, -0.15) is 0 Å². The molecule has 0 spiro atoms. The van der Waals surface area contributed by atoms with E-state index in [4.69, 9.17) is 26.1 Å². The Hall–Kier alpha value is -0.570. The quantitative estimate of drug-likeness (QED) is 0.357. The molecule has 0 aromatic heterocycles. The van der Waals surface area contributed by atoms with Gasteiger partial charge >= 0.3 is 0 Å². The second kappa shape index (κ2) is 11.9. The van der Waals surface area contributed by atoms with Crippen LogP contribution in [0.4, 0.5) is 0 Å². The minimum absolute atomic E-state index is 0. The van der Waals surface area contributed by atoms with Gasteiger partial charge in [-0.15, -0.1) is 24.0 Å². The van der Waals surface area contributed by atoms with Crippen molar-refractivity contribution in [2.75, 3.05) is 40.0 Å². The molecule has 0 amide bonds. The van der Waals surface area contributed by atoms with Gasteiger partial charge in [-0.25, -0.2) is 0 Å². The van der Waals surface area contributed by atoms with E-state index in [2.05, 4.69) is 23.6 Å². The topological polar surface area (TPSA) is 54.9 Å². The molecule has 5 nitrogen and oxygen atoms in total. The van der Waals surface area contributed by atoms with Crippen molar-refractivity contribution < 1.29 is 9.47 Å². The molecule has 1 saturated heterocycles. The zero-order valence-electron chi connectivity index (χ0n) is 15.0. The van der Waals surface area contributed by atoms with Gasteiger partial charge in [0.05, 0.1) is 12.1 Å². The molecule has 1 aliphatic rings. The van der Waals surface area contributed by atoms with E-state index >= 15 is 0 Å². The smallest absolute Gasteiger partial charge is 0.191 e. The molecule has 0 atom stereocenters. The number of rotatable bonds is 7. The molecule has 1 aromatic carbocycles. The molecular weight excluding hydrogens is 453 g/mol. The number of hydrogen-bond acceptors (Lipinski definition) is 3. The van der Waals surface area contributed by atoms with Crippen LogP contribution in [0.2, 0.25) is 5.02 Å². The highest BCUT2D eigenvalue weighted by atomic mass is 127. The van der Waals surface area contributed by atoms with Gasteiger partial charge in [0.2, 0.25) is 0 Å². The van der Waals surface area contributed by atoms with Crippen LogP contribution >= 0.6 is 35.6 Å². The number of methoxy groups -OCH3 is 1. The highest BCUT2D eigenvalue weighted by molar-refractivity contribution is 14.0. The van der Waals surface area contributed by atoms with Gasteiger partial charge in [0, 0.05) is 51.3 Å². The summed E-state index contributed by atoms with van der Waals surface area (Å²) in [6.07, 6.45) is 2.66. The molecule has 142 valence electrons. The third-order valence-corrected chi connectivity index (χ3v) is 4.54. The van der Waals surface area contributed by atoms with Crippen molar-refractivity contribution in [3.8, 4) is 0 Å². The van der Waals surface area contributed by atoms with Gasteiger partial charge in [0.25, 0.3) is 0 Å². The van der Waals surface area contributed by atoms with Gasteiger partial charge in [0.1, 0.15) is 0 Å². The summed E-state index contributed by atoms with van der Waals surface area (Å²) < 4.78 is 11.2. The predicted molar refractivity (Wildman–Crippen MR) is 114 cm³/mol. The van der Waals surface area contributed by atoms with Gasteiger partial charge in [-0.3, -0.25) is 4.99 Å².